The summed E-state index contributed by atoms with van der Waals surface area (Å²) in [4.78, 5) is 17.1. The zero-order chi connectivity index (χ0) is 10.6. The van der Waals surface area contributed by atoms with Crippen LogP contribution in [0.25, 0.3) is 0 Å². The van der Waals surface area contributed by atoms with Gasteiger partial charge < -0.3 is 20.4 Å². The van der Waals surface area contributed by atoms with Crippen LogP contribution in [0.4, 0.5) is 9.59 Å². The Morgan fingerprint density at radius 1 is 0.833 bits per heavy atom. The number of allylic oxidation sites excluding steroid dienone is 2. The Kier molecular flexibility index (Phi) is 22.1. The van der Waals surface area contributed by atoms with Crippen LogP contribution in [0.5, 0.6) is 0 Å². The van der Waals surface area contributed by atoms with Gasteiger partial charge in [-0.1, -0.05) is 25.3 Å². The molecule has 0 amide bonds. The molecule has 0 heterocycles. The predicted octanol–water partition coefficient (Wildman–Crippen LogP) is 1.80. The fraction of sp³-hybridized carbons (Fsp3) is 0. The maximum atomic E-state index is 8.56. The lowest BCUT2D eigenvalue weighted by Crippen LogP contribution is -1.81. The van der Waals surface area contributed by atoms with E-state index < -0.39 is 12.3 Å². The first-order valence-electron chi connectivity index (χ1n) is 2.45. The van der Waals surface area contributed by atoms with E-state index in [1.165, 1.54) is 0 Å². The van der Waals surface area contributed by atoms with Crippen LogP contribution in [-0.2, 0) is 0 Å². The second kappa shape index (κ2) is 16.0. The van der Waals surface area contributed by atoms with Gasteiger partial charge in [-0.3, -0.25) is 0 Å². The second-order valence-corrected chi connectivity index (χ2v) is 1.04. The molecule has 4 N–H and O–H groups in total. The van der Waals surface area contributed by atoms with Crippen LogP contribution in [0.3, 0.4) is 0 Å². The molecule has 0 aliphatic carbocycles. The average Bonchev–Trinajstić information content (AvgIpc) is 1.85. The van der Waals surface area contributed by atoms with Crippen molar-refractivity contribution in [3.05, 3.63) is 25.3 Å². The van der Waals surface area contributed by atoms with Gasteiger partial charge in [-0.05, 0) is 0 Å². The van der Waals surface area contributed by atoms with Crippen molar-refractivity contribution < 1.29 is 30.0 Å². The molecule has 6 heteroatoms. The molecule has 0 saturated heterocycles. The van der Waals surface area contributed by atoms with Crippen molar-refractivity contribution in [2.24, 2.45) is 0 Å². The largest absolute Gasteiger partial charge is 0.503 e. The molecule has 0 radical (unpaired) electrons. The Morgan fingerprint density at radius 2 is 0.917 bits per heavy atom. The first-order chi connectivity index (χ1) is 5.38. The molecule has 6 nitrogen and oxygen atoms in total. The second-order valence-electron chi connectivity index (χ2n) is 1.04. The first-order valence-corrected chi connectivity index (χ1v) is 2.45. The summed E-state index contributed by atoms with van der Waals surface area (Å²) in [5, 5.41) is 27.9. The Morgan fingerprint density at radius 3 is 0.917 bits per heavy atom. The van der Waals surface area contributed by atoms with E-state index in [0.29, 0.717) is 0 Å². The molecule has 12 heavy (non-hydrogen) atoms. The van der Waals surface area contributed by atoms with E-state index in [9.17, 15) is 0 Å². The van der Waals surface area contributed by atoms with Crippen LogP contribution < -0.4 is 0 Å². The minimum Gasteiger partial charge on any atom is -0.450 e. The van der Waals surface area contributed by atoms with Crippen LogP contribution in [0.15, 0.2) is 25.3 Å². The highest BCUT2D eigenvalue weighted by molar-refractivity contribution is 5.53. The number of carboxylic acid groups (broad SMARTS) is 4. The van der Waals surface area contributed by atoms with Crippen LogP contribution in [0.1, 0.15) is 0 Å². The fourth-order valence-corrected chi connectivity index (χ4v) is 0. The van der Waals surface area contributed by atoms with Gasteiger partial charge in [0.05, 0.1) is 0 Å². The summed E-state index contributed by atoms with van der Waals surface area (Å²) in [6.45, 7) is 6.72. The zero-order valence-electron chi connectivity index (χ0n) is 6.17. The van der Waals surface area contributed by atoms with Crippen molar-refractivity contribution in [1.29, 1.82) is 0 Å². The van der Waals surface area contributed by atoms with Gasteiger partial charge in [0.25, 0.3) is 0 Å². The maximum absolute atomic E-state index is 8.56. The summed E-state index contributed by atoms with van der Waals surface area (Å²) in [5.41, 5.74) is 0. The summed E-state index contributed by atoms with van der Waals surface area (Å²) in [6, 6.07) is 0. The van der Waals surface area contributed by atoms with Crippen LogP contribution in [-0.4, -0.2) is 32.7 Å². The molecule has 0 rings (SSSR count). The molecule has 0 aromatic carbocycles. The van der Waals surface area contributed by atoms with Gasteiger partial charge in [0.15, 0.2) is 0 Å². The van der Waals surface area contributed by atoms with E-state index in [-0.39, 0.29) is 0 Å². The van der Waals surface area contributed by atoms with Crippen molar-refractivity contribution in [3.63, 3.8) is 0 Å². The average molecular weight is 178 g/mol. The van der Waals surface area contributed by atoms with Gasteiger partial charge in [-0.2, -0.15) is 0 Å². The molecule has 0 bridgehead atoms. The summed E-state index contributed by atoms with van der Waals surface area (Å²) in [5.74, 6) is 0. The van der Waals surface area contributed by atoms with Crippen LogP contribution in [0, 0.1) is 0 Å². The highest BCUT2D eigenvalue weighted by Crippen LogP contribution is 1.52. The fourth-order valence-electron chi connectivity index (χ4n) is 0. The van der Waals surface area contributed by atoms with Crippen molar-refractivity contribution in [3.8, 4) is 0 Å². The molecule has 0 aromatic rings. The van der Waals surface area contributed by atoms with Crippen LogP contribution >= 0.6 is 0 Å². The van der Waals surface area contributed by atoms with Crippen molar-refractivity contribution >= 4 is 12.3 Å². The van der Waals surface area contributed by atoms with E-state index >= 15 is 0 Å². The summed E-state index contributed by atoms with van der Waals surface area (Å²) in [7, 11) is 0. The number of hydrogen-bond acceptors (Lipinski definition) is 2. The summed E-state index contributed by atoms with van der Waals surface area (Å²) in [6.07, 6.45) is -0.389. The zero-order valence-corrected chi connectivity index (χ0v) is 6.17. The molecular weight excluding hydrogens is 168 g/mol. The lowest BCUT2D eigenvalue weighted by molar-refractivity contribution is 0.135. The third-order valence-corrected chi connectivity index (χ3v) is 0.167. The Labute approximate surface area is 68.7 Å². The molecule has 0 saturated carbocycles. The molecule has 0 aromatic heterocycles. The number of carbonyl (C=O) groups is 2. The van der Waals surface area contributed by atoms with E-state index in [1.54, 1.807) is 12.2 Å². The molecule has 0 aliphatic heterocycles. The van der Waals surface area contributed by atoms with Crippen LogP contribution in [0.2, 0.25) is 0 Å². The molecule has 0 aliphatic rings. The normalized spacial score (nSPS) is 5.67. The minimum atomic E-state index is -1.83. The molecule has 70 valence electrons. The Bertz CT molecular complexity index is 124. The SMILES string of the molecule is C=CC=C.O=C(O)O.O=C(O)O. The lowest BCUT2D eigenvalue weighted by atomic mass is 10.6. The molecule has 0 atom stereocenters. The van der Waals surface area contributed by atoms with E-state index in [1.807, 2.05) is 0 Å². The van der Waals surface area contributed by atoms with Crippen molar-refractivity contribution in [2.75, 3.05) is 0 Å². The summed E-state index contributed by atoms with van der Waals surface area (Å²) < 4.78 is 0. The monoisotopic (exact) mass is 178 g/mol. The molecule has 0 fully saturated rings. The standard InChI is InChI=1S/C4H6.2CH2O3/c1-3-4-2;2*2-1(3)4/h3-4H,1-2H2;2*(H2,2,3,4). The maximum Gasteiger partial charge on any atom is 0.503 e. The third kappa shape index (κ3) is 412. The highest BCUT2D eigenvalue weighted by Gasteiger charge is 1.70. The first kappa shape index (κ1) is 16.5. The predicted molar refractivity (Wildman–Crippen MR) is 41.7 cm³/mol. The number of rotatable bonds is 1. The van der Waals surface area contributed by atoms with Gasteiger partial charge in [-0.25, -0.2) is 9.59 Å². The quantitative estimate of drug-likeness (QED) is 0.455. The Balaban J connectivity index is -0.000000101. The van der Waals surface area contributed by atoms with Gasteiger partial charge in [0.2, 0.25) is 0 Å². The highest BCUT2D eigenvalue weighted by atomic mass is 16.6. The topological polar surface area (TPSA) is 115 Å². The number of hydrogen-bond donors (Lipinski definition) is 4. The summed E-state index contributed by atoms with van der Waals surface area (Å²) >= 11 is 0. The van der Waals surface area contributed by atoms with Gasteiger partial charge in [-0.15, -0.1) is 0 Å². The van der Waals surface area contributed by atoms with Crippen molar-refractivity contribution in [1.82, 2.24) is 0 Å². The van der Waals surface area contributed by atoms with E-state index in [4.69, 9.17) is 30.0 Å². The Hall–Kier alpha value is -1.98. The molecule has 0 spiro atoms. The van der Waals surface area contributed by atoms with Gasteiger partial charge in [0, 0.05) is 0 Å². The molecule has 0 unspecified atom stereocenters. The smallest absolute Gasteiger partial charge is 0.450 e. The van der Waals surface area contributed by atoms with Gasteiger partial charge >= 0.3 is 12.3 Å². The van der Waals surface area contributed by atoms with Gasteiger partial charge in [0.1, 0.15) is 0 Å². The van der Waals surface area contributed by atoms with E-state index in [2.05, 4.69) is 13.2 Å². The minimum absolute atomic E-state index is 1.64. The lowest BCUT2D eigenvalue weighted by Gasteiger charge is -1.60. The molecular formula is C6H10O6. The van der Waals surface area contributed by atoms with Crippen molar-refractivity contribution in [2.45, 2.75) is 0 Å². The third-order valence-electron chi connectivity index (χ3n) is 0.167. The van der Waals surface area contributed by atoms with E-state index in [0.717, 1.165) is 0 Å².